The minimum absolute atomic E-state index is 0.0784. The van der Waals surface area contributed by atoms with Gasteiger partial charge in [0.05, 0.1) is 13.2 Å². The Morgan fingerprint density at radius 3 is 2.85 bits per heavy atom. The van der Waals surface area contributed by atoms with Gasteiger partial charge in [0, 0.05) is 19.7 Å². The molecular weight excluding hydrogens is 270 g/mol. The Morgan fingerprint density at radius 2 is 2.25 bits per heavy atom. The summed E-state index contributed by atoms with van der Waals surface area (Å²) in [6.07, 6.45) is 0. The SMILES string of the molecule is CNC(=O)C1COCCN1C(=O)c1cc(C(=O)O)on1. The Bertz CT molecular complexity index is 540. The summed E-state index contributed by atoms with van der Waals surface area (Å²) in [6.45, 7) is 0.587. The van der Waals surface area contributed by atoms with Crippen molar-refractivity contribution in [2.24, 2.45) is 0 Å². The van der Waals surface area contributed by atoms with Crippen LogP contribution in [0.2, 0.25) is 0 Å². The van der Waals surface area contributed by atoms with Gasteiger partial charge in [-0.2, -0.15) is 0 Å². The lowest BCUT2D eigenvalue weighted by atomic mass is 10.2. The van der Waals surface area contributed by atoms with E-state index < -0.39 is 23.7 Å². The molecule has 0 aromatic carbocycles. The molecule has 1 aromatic rings. The van der Waals surface area contributed by atoms with Crippen molar-refractivity contribution < 1.29 is 28.8 Å². The average Bonchev–Trinajstić information content (AvgIpc) is 2.95. The van der Waals surface area contributed by atoms with Crippen LogP contribution in [0.1, 0.15) is 21.0 Å². The fourth-order valence-corrected chi connectivity index (χ4v) is 1.85. The quantitative estimate of drug-likeness (QED) is 0.726. The molecule has 2 amide bonds. The highest BCUT2D eigenvalue weighted by atomic mass is 16.5. The van der Waals surface area contributed by atoms with E-state index >= 15 is 0 Å². The number of carboxylic acids is 1. The van der Waals surface area contributed by atoms with Crippen LogP contribution in [0.5, 0.6) is 0 Å². The molecule has 1 aliphatic rings. The van der Waals surface area contributed by atoms with Crippen LogP contribution >= 0.6 is 0 Å². The lowest BCUT2D eigenvalue weighted by Crippen LogP contribution is -2.55. The van der Waals surface area contributed by atoms with E-state index in [1.165, 1.54) is 11.9 Å². The van der Waals surface area contributed by atoms with E-state index in [2.05, 4.69) is 15.0 Å². The van der Waals surface area contributed by atoms with Gasteiger partial charge in [0.1, 0.15) is 6.04 Å². The van der Waals surface area contributed by atoms with Crippen molar-refractivity contribution in [1.29, 1.82) is 0 Å². The van der Waals surface area contributed by atoms with Gasteiger partial charge in [-0.25, -0.2) is 4.79 Å². The van der Waals surface area contributed by atoms with E-state index in [-0.39, 0.29) is 24.8 Å². The molecule has 0 radical (unpaired) electrons. The number of amides is 2. The zero-order valence-corrected chi connectivity index (χ0v) is 10.7. The zero-order chi connectivity index (χ0) is 14.7. The monoisotopic (exact) mass is 283 g/mol. The summed E-state index contributed by atoms with van der Waals surface area (Å²) in [4.78, 5) is 35.9. The summed E-state index contributed by atoms with van der Waals surface area (Å²) in [5.41, 5.74) is -0.154. The second kappa shape index (κ2) is 5.70. The lowest BCUT2D eigenvalue weighted by molar-refractivity contribution is -0.130. The maximum Gasteiger partial charge on any atom is 0.374 e. The molecule has 108 valence electrons. The van der Waals surface area contributed by atoms with Crippen molar-refractivity contribution >= 4 is 17.8 Å². The number of aromatic carboxylic acids is 1. The predicted octanol–water partition coefficient (Wildman–Crippen LogP) is -1.04. The molecular formula is C11H13N3O6. The van der Waals surface area contributed by atoms with Crippen LogP contribution in [0.15, 0.2) is 10.6 Å². The van der Waals surface area contributed by atoms with Crippen LogP contribution < -0.4 is 5.32 Å². The number of hydrogen-bond donors (Lipinski definition) is 2. The minimum Gasteiger partial charge on any atom is -0.475 e. The van der Waals surface area contributed by atoms with Crippen molar-refractivity contribution in [2.75, 3.05) is 26.8 Å². The second-order valence-corrected chi connectivity index (χ2v) is 4.09. The van der Waals surface area contributed by atoms with Crippen LogP contribution in [-0.2, 0) is 9.53 Å². The number of morpholine rings is 1. The largest absolute Gasteiger partial charge is 0.475 e. The predicted molar refractivity (Wildman–Crippen MR) is 63.2 cm³/mol. The van der Waals surface area contributed by atoms with Crippen molar-refractivity contribution in [3.05, 3.63) is 17.5 Å². The maximum atomic E-state index is 12.2. The highest BCUT2D eigenvalue weighted by molar-refractivity contribution is 5.97. The van der Waals surface area contributed by atoms with Crippen molar-refractivity contribution in [3.8, 4) is 0 Å². The fourth-order valence-electron chi connectivity index (χ4n) is 1.85. The van der Waals surface area contributed by atoms with Gasteiger partial charge in [-0.3, -0.25) is 9.59 Å². The molecule has 0 aliphatic carbocycles. The third-order valence-corrected chi connectivity index (χ3v) is 2.88. The Morgan fingerprint density at radius 1 is 1.50 bits per heavy atom. The van der Waals surface area contributed by atoms with Crippen LogP contribution in [0.3, 0.4) is 0 Å². The molecule has 9 heteroatoms. The Balaban J connectivity index is 2.20. The Labute approximate surface area is 113 Å². The lowest BCUT2D eigenvalue weighted by Gasteiger charge is -2.33. The molecule has 1 unspecified atom stereocenters. The third kappa shape index (κ3) is 2.62. The molecule has 1 saturated heterocycles. The molecule has 1 atom stereocenters. The normalized spacial score (nSPS) is 18.6. The van der Waals surface area contributed by atoms with Crippen LogP contribution in [-0.4, -0.2) is 65.8 Å². The molecule has 2 heterocycles. The number of aromatic nitrogens is 1. The third-order valence-electron chi connectivity index (χ3n) is 2.88. The molecule has 20 heavy (non-hydrogen) atoms. The van der Waals surface area contributed by atoms with Gasteiger partial charge < -0.3 is 24.6 Å². The first kappa shape index (κ1) is 14.0. The number of rotatable bonds is 3. The summed E-state index contributed by atoms with van der Waals surface area (Å²) >= 11 is 0. The van der Waals surface area contributed by atoms with Crippen LogP contribution in [0, 0.1) is 0 Å². The van der Waals surface area contributed by atoms with Gasteiger partial charge >= 0.3 is 5.97 Å². The highest BCUT2D eigenvalue weighted by Gasteiger charge is 2.34. The first-order chi connectivity index (χ1) is 9.54. The van der Waals surface area contributed by atoms with Gasteiger partial charge in [-0.1, -0.05) is 5.16 Å². The minimum atomic E-state index is -1.32. The first-order valence-electron chi connectivity index (χ1n) is 5.85. The smallest absolute Gasteiger partial charge is 0.374 e. The van der Waals surface area contributed by atoms with Gasteiger partial charge in [-0.15, -0.1) is 0 Å². The molecule has 1 aromatic heterocycles. The summed E-state index contributed by atoms with van der Waals surface area (Å²) < 4.78 is 9.70. The molecule has 0 spiro atoms. The number of ether oxygens (including phenoxy) is 1. The summed E-state index contributed by atoms with van der Waals surface area (Å²) in [5.74, 6) is -2.68. The number of carbonyl (C=O) groups is 3. The number of carboxylic acid groups (broad SMARTS) is 1. The standard InChI is InChI=1S/C11H13N3O6/c1-12-9(15)7-5-19-3-2-14(7)10(16)6-4-8(11(17)18)20-13-6/h4,7H,2-3,5H2,1H3,(H,12,15)(H,17,18). The topological polar surface area (TPSA) is 122 Å². The molecule has 2 N–H and O–H groups in total. The first-order valence-corrected chi connectivity index (χ1v) is 5.85. The van der Waals surface area contributed by atoms with Crippen molar-refractivity contribution in [2.45, 2.75) is 6.04 Å². The van der Waals surface area contributed by atoms with Crippen molar-refractivity contribution in [3.63, 3.8) is 0 Å². The maximum absolute atomic E-state index is 12.2. The highest BCUT2D eigenvalue weighted by Crippen LogP contribution is 2.13. The van der Waals surface area contributed by atoms with E-state index in [0.29, 0.717) is 6.61 Å². The summed E-state index contributed by atoms with van der Waals surface area (Å²) in [7, 11) is 1.46. The summed E-state index contributed by atoms with van der Waals surface area (Å²) in [5, 5.41) is 14.6. The van der Waals surface area contributed by atoms with E-state index in [1.54, 1.807) is 0 Å². The molecule has 9 nitrogen and oxygen atoms in total. The van der Waals surface area contributed by atoms with E-state index in [0.717, 1.165) is 6.07 Å². The van der Waals surface area contributed by atoms with E-state index in [4.69, 9.17) is 9.84 Å². The van der Waals surface area contributed by atoms with Crippen LogP contribution in [0.25, 0.3) is 0 Å². The number of carbonyl (C=O) groups excluding carboxylic acids is 2. The van der Waals surface area contributed by atoms with Gasteiger partial charge in [0.15, 0.2) is 5.69 Å². The number of likely N-dealkylation sites (N-methyl/N-ethyl adjacent to an activating group) is 1. The Hall–Kier alpha value is -2.42. The van der Waals surface area contributed by atoms with Crippen molar-refractivity contribution in [1.82, 2.24) is 15.4 Å². The second-order valence-electron chi connectivity index (χ2n) is 4.09. The van der Waals surface area contributed by atoms with Gasteiger partial charge in [0.2, 0.25) is 11.7 Å². The van der Waals surface area contributed by atoms with Gasteiger partial charge in [0.25, 0.3) is 5.91 Å². The van der Waals surface area contributed by atoms with E-state index in [1.807, 2.05) is 0 Å². The summed E-state index contributed by atoms with van der Waals surface area (Å²) in [6, 6.07) is 0.257. The fraction of sp³-hybridized carbons (Fsp3) is 0.455. The Kier molecular flexibility index (Phi) is 3.99. The molecule has 1 aliphatic heterocycles. The zero-order valence-electron chi connectivity index (χ0n) is 10.7. The number of nitrogens with zero attached hydrogens (tertiary/aromatic N) is 2. The average molecular weight is 283 g/mol. The van der Waals surface area contributed by atoms with Gasteiger partial charge in [-0.05, 0) is 0 Å². The van der Waals surface area contributed by atoms with E-state index in [9.17, 15) is 14.4 Å². The number of nitrogens with one attached hydrogen (secondary N) is 1. The van der Waals surface area contributed by atoms with Crippen LogP contribution in [0.4, 0.5) is 0 Å². The number of hydrogen-bond acceptors (Lipinski definition) is 6. The molecule has 0 saturated carbocycles. The molecule has 1 fully saturated rings. The molecule has 0 bridgehead atoms. The molecule has 2 rings (SSSR count).